The van der Waals surface area contributed by atoms with Crippen molar-refractivity contribution < 1.29 is 8.42 Å². The minimum Gasteiger partial charge on any atom is -0.316 e. The van der Waals surface area contributed by atoms with Gasteiger partial charge in [0, 0.05) is 16.8 Å². The largest absolute Gasteiger partial charge is 0.316 e. The Kier molecular flexibility index (Phi) is 8.52. The van der Waals surface area contributed by atoms with Crippen molar-refractivity contribution in [3.8, 4) is 0 Å². The van der Waals surface area contributed by atoms with Crippen molar-refractivity contribution in [2.24, 2.45) is 0 Å². The van der Waals surface area contributed by atoms with Gasteiger partial charge in [-0.25, -0.2) is 8.42 Å². The molecule has 0 aliphatic carbocycles. The zero-order chi connectivity index (χ0) is 15.7. The van der Waals surface area contributed by atoms with E-state index in [0.717, 1.165) is 24.0 Å². The third-order valence-corrected chi connectivity index (χ3v) is 5.81. The maximum atomic E-state index is 11.9. The van der Waals surface area contributed by atoms with E-state index in [9.17, 15) is 8.42 Å². The summed E-state index contributed by atoms with van der Waals surface area (Å²) in [6.07, 6.45) is 2.45. The van der Waals surface area contributed by atoms with Gasteiger partial charge in [0.05, 0.1) is 5.75 Å². The Morgan fingerprint density at radius 2 is 1.95 bits per heavy atom. The summed E-state index contributed by atoms with van der Waals surface area (Å²) in [5.74, 6) is 0.799. The third-order valence-electron chi connectivity index (χ3n) is 3.43. The van der Waals surface area contributed by atoms with E-state index in [4.69, 9.17) is 0 Å². The molecule has 1 atom stereocenters. The summed E-state index contributed by atoms with van der Waals surface area (Å²) in [6.45, 7) is 5.83. The summed E-state index contributed by atoms with van der Waals surface area (Å²) in [7, 11) is -2.91. The lowest BCUT2D eigenvalue weighted by molar-refractivity contribution is 0.553. The van der Waals surface area contributed by atoms with Gasteiger partial charge in [0.15, 0.2) is 0 Å². The smallest absolute Gasteiger partial charge is 0.150 e. The van der Waals surface area contributed by atoms with Gasteiger partial charge in [0.25, 0.3) is 0 Å². The highest BCUT2D eigenvalue weighted by molar-refractivity contribution is 9.10. The topological polar surface area (TPSA) is 46.2 Å². The average Bonchev–Trinajstić information content (AvgIpc) is 2.42. The first-order valence-corrected chi connectivity index (χ1v) is 10.3. The molecule has 0 radical (unpaired) electrons. The van der Waals surface area contributed by atoms with Gasteiger partial charge in [0.2, 0.25) is 0 Å². The SMILES string of the molecule is CCCNCC(CCS(=O)(=O)CCC)c1cccc(Br)c1. The Hall–Kier alpha value is -0.390. The first-order valence-electron chi connectivity index (χ1n) is 7.65. The van der Waals surface area contributed by atoms with Crippen molar-refractivity contribution in [2.45, 2.75) is 39.0 Å². The Morgan fingerprint density at radius 1 is 1.19 bits per heavy atom. The molecule has 0 saturated carbocycles. The van der Waals surface area contributed by atoms with Crippen LogP contribution in [0.4, 0.5) is 0 Å². The van der Waals surface area contributed by atoms with Gasteiger partial charge in [-0.15, -0.1) is 0 Å². The van der Waals surface area contributed by atoms with E-state index in [-0.39, 0.29) is 11.7 Å². The fourth-order valence-electron chi connectivity index (χ4n) is 2.34. The van der Waals surface area contributed by atoms with E-state index in [0.29, 0.717) is 18.6 Å². The standard InChI is InChI=1S/C16H26BrNO2S/c1-3-9-18-13-15(8-11-21(19,20)10-4-2)14-6-5-7-16(17)12-14/h5-7,12,15,18H,3-4,8-11,13H2,1-2H3. The molecule has 0 bridgehead atoms. The van der Waals surface area contributed by atoms with E-state index in [1.54, 1.807) is 0 Å². The Balaban J connectivity index is 2.73. The molecular weight excluding hydrogens is 350 g/mol. The summed E-state index contributed by atoms with van der Waals surface area (Å²) in [5.41, 5.74) is 1.19. The quantitative estimate of drug-likeness (QED) is 0.633. The number of benzene rings is 1. The maximum Gasteiger partial charge on any atom is 0.150 e. The average molecular weight is 376 g/mol. The lowest BCUT2D eigenvalue weighted by Crippen LogP contribution is -2.24. The Morgan fingerprint density at radius 3 is 2.57 bits per heavy atom. The second kappa shape index (κ2) is 9.59. The highest BCUT2D eigenvalue weighted by Gasteiger charge is 2.16. The van der Waals surface area contributed by atoms with Gasteiger partial charge < -0.3 is 5.32 Å². The highest BCUT2D eigenvalue weighted by Crippen LogP contribution is 2.23. The van der Waals surface area contributed by atoms with E-state index in [1.807, 2.05) is 19.1 Å². The van der Waals surface area contributed by atoms with E-state index >= 15 is 0 Å². The second-order valence-electron chi connectivity index (χ2n) is 5.40. The number of hydrogen-bond donors (Lipinski definition) is 1. The molecule has 0 aliphatic rings. The molecule has 0 aromatic heterocycles. The lowest BCUT2D eigenvalue weighted by atomic mass is 9.96. The molecule has 1 aromatic rings. The molecule has 0 fully saturated rings. The summed E-state index contributed by atoms with van der Waals surface area (Å²) in [5, 5.41) is 3.41. The van der Waals surface area contributed by atoms with Crippen LogP contribution >= 0.6 is 15.9 Å². The van der Waals surface area contributed by atoms with Crippen LogP contribution < -0.4 is 5.32 Å². The second-order valence-corrected chi connectivity index (χ2v) is 8.62. The van der Waals surface area contributed by atoms with Crippen LogP contribution in [0.1, 0.15) is 44.6 Å². The van der Waals surface area contributed by atoms with E-state index in [1.165, 1.54) is 5.56 Å². The van der Waals surface area contributed by atoms with Crippen LogP contribution in [0.3, 0.4) is 0 Å². The minimum absolute atomic E-state index is 0.237. The van der Waals surface area contributed by atoms with E-state index < -0.39 is 9.84 Å². The van der Waals surface area contributed by atoms with Crippen LogP contribution in [0.5, 0.6) is 0 Å². The van der Waals surface area contributed by atoms with Gasteiger partial charge >= 0.3 is 0 Å². The van der Waals surface area contributed by atoms with Crippen LogP contribution in [0.25, 0.3) is 0 Å². The van der Waals surface area contributed by atoms with Crippen LogP contribution in [0.2, 0.25) is 0 Å². The lowest BCUT2D eigenvalue weighted by Gasteiger charge is -2.18. The first kappa shape index (κ1) is 18.7. The zero-order valence-electron chi connectivity index (χ0n) is 12.9. The molecule has 0 saturated heterocycles. The number of rotatable bonds is 10. The molecule has 21 heavy (non-hydrogen) atoms. The van der Waals surface area contributed by atoms with Crippen LogP contribution in [-0.4, -0.2) is 33.0 Å². The fraction of sp³-hybridized carbons (Fsp3) is 0.625. The Labute approximate surface area is 137 Å². The Bertz CT molecular complexity index is 517. The first-order chi connectivity index (χ1) is 9.98. The highest BCUT2D eigenvalue weighted by atomic mass is 79.9. The van der Waals surface area contributed by atoms with Crippen LogP contribution in [-0.2, 0) is 9.84 Å². The minimum atomic E-state index is -2.91. The monoisotopic (exact) mass is 375 g/mol. The molecule has 1 unspecified atom stereocenters. The predicted molar refractivity (Wildman–Crippen MR) is 93.6 cm³/mol. The molecule has 1 aromatic carbocycles. The molecule has 120 valence electrons. The summed E-state index contributed by atoms with van der Waals surface area (Å²) in [4.78, 5) is 0. The summed E-state index contributed by atoms with van der Waals surface area (Å²) in [6, 6.07) is 8.17. The molecule has 0 heterocycles. The van der Waals surface area contributed by atoms with Crippen molar-refractivity contribution in [3.63, 3.8) is 0 Å². The van der Waals surface area contributed by atoms with Gasteiger partial charge in [-0.1, -0.05) is 41.9 Å². The van der Waals surface area contributed by atoms with Crippen molar-refractivity contribution in [2.75, 3.05) is 24.6 Å². The third kappa shape index (κ3) is 7.43. The summed E-state index contributed by atoms with van der Waals surface area (Å²) < 4.78 is 24.9. The van der Waals surface area contributed by atoms with Gasteiger partial charge in [0.1, 0.15) is 9.84 Å². The summed E-state index contributed by atoms with van der Waals surface area (Å²) >= 11 is 3.49. The van der Waals surface area contributed by atoms with Gasteiger partial charge in [-0.05, 0) is 49.4 Å². The number of hydrogen-bond acceptors (Lipinski definition) is 3. The van der Waals surface area contributed by atoms with Crippen molar-refractivity contribution in [3.05, 3.63) is 34.3 Å². The molecule has 5 heteroatoms. The fourth-order valence-corrected chi connectivity index (χ4v) is 4.22. The van der Waals surface area contributed by atoms with Crippen molar-refractivity contribution in [1.29, 1.82) is 0 Å². The number of halogens is 1. The maximum absolute atomic E-state index is 11.9. The van der Waals surface area contributed by atoms with Crippen LogP contribution in [0.15, 0.2) is 28.7 Å². The van der Waals surface area contributed by atoms with Crippen molar-refractivity contribution >= 4 is 25.8 Å². The molecule has 0 aliphatic heterocycles. The normalized spacial score (nSPS) is 13.3. The zero-order valence-corrected chi connectivity index (χ0v) is 15.3. The molecule has 1 rings (SSSR count). The molecule has 0 spiro atoms. The number of sulfone groups is 1. The molecule has 0 amide bonds. The van der Waals surface area contributed by atoms with Crippen molar-refractivity contribution in [1.82, 2.24) is 5.32 Å². The van der Waals surface area contributed by atoms with Gasteiger partial charge in [-0.2, -0.15) is 0 Å². The van der Waals surface area contributed by atoms with Gasteiger partial charge in [-0.3, -0.25) is 0 Å². The molecular formula is C16H26BrNO2S. The molecule has 1 N–H and O–H groups in total. The number of nitrogens with one attached hydrogen (secondary N) is 1. The van der Waals surface area contributed by atoms with E-state index in [2.05, 4.69) is 40.3 Å². The molecule has 3 nitrogen and oxygen atoms in total. The van der Waals surface area contributed by atoms with Crippen LogP contribution in [0, 0.1) is 0 Å². The predicted octanol–water partition coefficient (Wildman–Crippen LogP) is 3.75.